The second-order valence-corrected chi connectivity index (χ2v) is 3.37. The zero-order chi connectivity index (χ0) is 11.4. The summed E-state index contributed by atoms with van der Waals surface area (Å²) in [5.41, 5.74) is 0.979. The molecule has 2 rings (SSSR count). The van der Waals surface area contributed by atoms with Crippen molar-refractivity contribution in [2.24, 2.45) is 7.05 Å². The average molecular weight is 218 g/mol. The van der Waals surface area contributed by atoms with Gasteiger partial charge in [0.15, 0.2) is 0 Å². The summed E-state index contributed by atoms with van der Waals surface area (Å²) < 4.78 is 1.77. The third-order valence-corrected chi connectivity index (χ3v) is 2.14. The number of nitrogens with zero attached hydrogens (tertiary/aromatic N) is 4. The molecule has 0 atom stereocenters. The highest BCUT2D eigenvalue weighted by Gasteiger charge is 1.99. The lowest BCUT2D eigenvalue weighted by Crippen LogP contribution is -2.04. The van der Waals surface area contributed by atoms with E-state index in [2.05, 4.69) is 25.7 Å². The lowest BCUT2D eigenvalue weighted by atomic mass is 10.4. The fourth-order valence-electron chi connectivity index (χ4n) is 1.33. The predicted molar refractivity (Wildman–Crippen MR) is 62.1 cm³/mol. The van der Waals surface area contributed by atoms with Crippen LogP contribution in [0.5, 0.6) is 0 Å². The molecule has 2 aromatic heterocycles. The van der Waals surface area contributed by atoms with Crippen molar-refractivity contribution in [3.05, 3.63) is 30.4 Å². The summed E-state index contributed by atoms with van der Waals surface area (Å²) in [5.74, 6) is 1.57. The molecule has 0 fully saturated rings. The summed E-state index contributed by atoms with van der Waals surface area (Å²) in [5, 5.41) is 10.4. The van der Waals surface area contributed by atoms with E-state index in [0.29, 0.717) is 6.54 Å². The molecule has 0 aliphatic rings. The van der Waals surface area contributed by atoms with E-state index < -0.39 is 0 Å². The van der Waals surface area contributed by atoms with Crippen LogP contribution in [0.4, 0.5) is 11.6 Å². The summed E-state index contributed by atoms with van der Waals surface area (Å²) in [6, 6.07) is 3.82. The normalized spacial score (nSPS) is 10.1. The molecule has 2 aromatic rings. The van der Waals surface area contributed by atoms with Gasteiger partial charge in [-0.05, 0) is 6.07 Å². The molecule has 6 heteroatoms. The Morgan fingerprint density at radius 2 is 2.12 bits per heavy atom. The van der Waals surface area contributed by atoms with Gasteiger partial charge in [0.2, 0.25) is 0 Å². The van der Waals surface area contributed by atoms with Gasteiger partial charge in [0.25, 0.3) is 0 Å². The largest absolute Gasteiger partial charge is 0.373 e. The zero-order valence-corrected chi connectivity index (χ0v) is 9.31. The smallest absolute Gasteiger partial charge is 0.131 e. The summed E-state index contributed by atoms with van der Waals surface area (Å²) in [7, 11) is 3.72. The zero-order valence-electron chi connectivity index (χ0n) is 9.31. The Kier molecular flexibility index (Phi) is 3.00. The first-order valence-electron chi connectivity index (χ1n) is 5.00. The number of aryl methyl sites for hydroxylation is 1. The molecule has 0 saturated carbocycles. The molecule has 0 aliphatic carbocycles. The van der Waals surface area contributed by atoms with Gasteiger partial charge in [-0.1, -0.05) is 0 Å². The molecular formula is C10H14N6. The summed E-state index contributed by atoms with van der Waals surface area (Å²) >= 11 is 0. The SMILES string of the molecule is CNc1cc(NCc2ccn(C)n2)ncn1. The van der Waals surface area contributed by atoms with Crippen LogP contribution in [0.15, 0.2) is 24.7 Å². The maximum absolute atomic E-state index is 4.26. The van der Waals surface area contributed by atoms with Crippen LogP contribution >= 0.6 is 0 Å². The Morgan fingerprint density at radius 1 is 1.31 bits per heavy atom. The van der Waals surface area contributed by atoms with Crippen molar-refractivity contribution >= 4 is 11.6 Å². The standard InChI is InChI=1S/C10H14N6/c1-11-9-5-10(14-7-13-9)12-6-8-3-4-16(2)15-8/h3-5,7H,6H2,1-2H3,(H2,11,12,13,14). The third-order valence-electron chi connectivity index (χ3n) is 2.14. The van der Waals surface area contributed by atoms with E-state index in [1.165, 1.54) is 6.33 Å². The molecule has 0 spiro atoms. The monoisotopic (exact) mass is 218 g/mol. The quantitative estimate of drug-likeness (QED) is 0.796. The second-order valence-electron chi connectivity index (χ2n) is 3.37. The van der Waals surface area contributed by atoms with Crippen molar-refractivity contribution in [3.8, 4) is 0 Å². The van der Waals surface area contributed by atoms with Gasteiger partial charge in [-0.15, -0.1) is 0 Å². The minimum absolute atomic E-state index is 0.654. The Morgan fingerprint density at radius 3 is 2.81 bits per heavy atom. The third kappa shape index (κ3) is 2.47. The maximum Gasteiger partial charge on any atom is 0.131 e. The van der Waals surface area contributed by atoms with E-state index in [4.69, 9.17) is 0 Å². The highest BCUT2D eigenvalue weighted by molar-refractivity contribution is 5.45. The number of aromatic nitrogens is 4. The molecule has 84 valence electrons. The minimum atomic E-state index is 0.654. The molecule has 0 amide bonds. The van der Waals surface area contributed by atoms with Crippen LogP contribution in [0.3, 0.4) is 0 Å². The summed E-state index contributed by atoms with van der Waals surface area (Å²) in [6.45, 7) is 0.654. The van der Waals surface area contributed by atoms with E-state index >= 15 is 0 Å². The minimum Gasteiger partial charge on any atom is -0.373 e. The van der Waals surface area contributed by atoms with Crippen LogP contribution in [0.2, 0.25) is 0 Å². The lowest BCUT2D eigenvalue weighted by Gasteiger charge is -2.04. The van der Waals surface area contributed by atoms with Gasteiger partial charge in [0.1, 0.15) is 18.0 Å². The van der Waals surface area contributed by atoms with Gasteiger partial charge in [-0.25, -0.2) is 9.97 Å². The fourth-order valence-corrected chi connectivity index (χ4v) is 1.33. The van der Waals surface area contributed by atoms with E-state index in [0.717, 1.165) is 17.3 Å². The first kappa shape index (κ1) is 10.4. The Bertz CT molecular complexity index is 464. The first-order valence-corrected chi connectivity index (χ1v) is 5.00. The molecule has 0 radical (unpaired) electrons. The van der Waals surface area contributed by atoms with Gasteiger partial charge in [0.05, 0.1) is 12.2 Å². The topological polar surface area (TPSA) is 67.7 Å². The molecule has 0 aliphatic heterocycles. The number of hydrogen-bond acceptors (Lipinski definition) is 5. The highest BCUT2D eigenvalue weighted by Crippen LogP contribution is 2.08. The van der Waals surface area contributed by atoms with E-state index in [-0.39, 0.29) is 0 Å². The predicted octanol–water partition coefficient (Wildman–Crippen LogP) is 0.864. The van der Waals surface area contributed by atoms with Crippen LogP contribution in [-0.4, -0.2) is 26.8 Å². The highest BCUT2D eigenvalue weighted by atomic mass is 15.3. The molecule has 2 heterocycles. The van der Waals surface area contributed by atoms with Crippen molar-refractivity contribution in [2.45, 2.75) is 6.54 Å². The number of hydrogen-bond donors (Lipinski definition) is 2. The molecule has 6 nitrogen and oxygen atoms in total. The molecule has 16 heavy (non-hydrogen) atoms. The number of nitrogens with one attached hydrogen (secondary N) is 2. The van der Waals surface area contributed by atoms with Gasteiger partial charge < -0.3 is 10.6 Å². The number of anilines is 2. The molecule has 0 bridgehead atoms. The summed E-state index contributed by atoms with van der Waals surface area (Å²) in [4.78, 5) is 8.15. The van der Waals surface area contributed by atoms with Gasteiger partial charge in [-0.3, -0.25) is 4.68 Å². The van der Waals surface area contributed by atoms with Gasteiger partial charge >= 0.3 is 0 Å². The molecule has 0 unspecified atom stereocenters. The van der Waals surface area contributed by atoms with Crippen LogP contribution < -0.4 is 10.6 Å². The van der Waals surface area contributed by atoms with E-state index in [1.807, 2.05) is 32.4 Å². The number of rotatable bonds is 4. The van der Waals surface area contributed by atoms with E-state index in [9.17, 15) is 0 Å². The van der Waals surface area contributed by atoms with E-state index in [1.54, 1.807) is 4.68 Å². The molecule has 0 aromatic carbocycles. The van der Waals surface area contributed by atoms with Crippen molar-refractivity contribution < 1.29 is 0 Å². The van der Waals surface area contributed by atoms with Crippen LogP contribution in [0.25, 0.3) is 0 Å². The lowest BCUT2D eigenvalue weighted by molar-refractivity contribution is 0.747. The second kappa shape index (κ2) is 4.61. The fraction of sp³-hybridized carbons (Fsp3) is 0.300. The first-order chi connectivity index (χ1) is 7.78. The maximum atomic E-state index is 4.26. The van der Waals surface area contributed by atoms with Crippen molar-refractivity contribution in [1.29, 1.82) is 0 Å². The van der Waals surface area contributed by atoms with Crippen molar-refractivity contribution in [2.75, 3.05) is 17.7 Å². The molecule has 0 saturated heterocycles. The molecule has 2 N–H and O–H groups in total. The Labute approximate surface area is 93.7 Å². The average Bonchev–Trinajstić information content (AvgIpc) is 2.73. The van der Waals surface area contributed by atoms with Crippen molar-refractivity contribution in [3.63, 3.8) is 0 Å². The van der Waals surface area contributed by atoms with Crippen LogP contribution in [-0.2, 0) is 13.6 Å². The van der Waals surface area contributed by atoms with Gasteiger partial charge in [0, 0.05) is 26.4 Å². The van der Waals surface area contributed by atoms with Crippen molar-refractivity contribution in [1.82, 2.24) is 19.7 Å². The summed E-state index contributed by atoms with van der Waals surface area (Å²) in [6.07, 6.45) is 3.43. The Balaban J connectivity index is 1.99. The molecular weight excluding hydrogens is 204 g/mol. The van der Waals surface area contributed by atoms with Crippen LogP contribution in [0, 0.1) is 0 Å². The van der Waals surface area contributed by atoms with Gasteiger partial charge in [-0.2, -0.15) is 5.10 Å². The Hall–Kier alpha value is -2.11. The van der Waals surface area contributed by atoms with Crippen LogP contribution in [0.1, 0.15) is 5.69 Å².